The normalized spacial score (nSPS) is 19.5. The predicted molar refractivity (Wildman–Crippen MR) is 121 cm³/mol. The molecule has 6 nitrogen and oxygen atoms in total. The Morgan fingerprint density at radius 3 is 2.75 bits per heavy atom. The van der Waals surface area contributed by atoms with Crippen molar-refractivity contribution in [3.63, 3.8) is 0 Å². The molecule has 2 aliphatic rings. The molecule has 0 spiro atoms. The quantitative estimate of drug-likeness (QED) is 0.405. The number of phenolic OH excluding ortho intramolecular Hbond substituents is 1. The molecule has 2 fully saturated rings. The number of hydrogen-bond acceptors (Lipinski definition) is 4. The van der Waals surface area contributed by atoms with Crippen LogP contribution in [0.25, 0.3) is 0 Å². The molecular weight excluding hydrogens is 409 g/mol. The number of guanidine groups is 1. The van der Waals surface area contributed by atoms with Crippen LogP contribution in [0.2, 0.25) is 0 Å². The van der Waals surface area contributed by atoms with Crippen LogP contribution in [-0.4, -0.2) is 41.1 Å². The number of ether oxygens (including phenoxy) is 1. The maximum Gasteiger partial charge on any atom is 0.310 e. The molecule has 1 aliphatic heterocycles. The maximum absolute atomic E-state index is 13.3. The Morgan fingerprint density at radius 2 is 1.97 bits per heavy atom. The molecule has 0 amide bonds. The molecule has 1 saturated heterocycles. The third kappa shape index (κ3) is 5.39. The van der Waals surface area contributed by atoms with Gasteiger partial charge in [0.1, 0.15) is 17.7 Å². The molecule has 0 unspecified atom stereocenters. The number of nitrogens with two attached hydrogens (primary N) is 1. The van der Waals surface area contributed by atoms with Gasteiger partial charge in [0, 0.05) is 18.5 Å². The van der Waals surface area contributed by atoms with Crippen LogP contribution in [0.3, 0.4) is 0 Å². The third-order valence-electron chi connectivity index (χ3n) is 6.36. The number of rotatable bonds is 6. The number of carbonyl (C=O) groups excluding carboxylic acids is 1. The van der Waals surface area contributed by atoms with Gasteiger partial charge < -0.3 is 20.5 Å². The fourth-order valence-electron chi connectivity index (χ4n) is 4.64. The molecule has 1 aliphatic carbocycles. The van der Waals surface area contributed by atoms with E-state index >= 15 is 0 Å². The van der Waals surface area contributed by atoms with Crippen LogP contribution in [0.15, 0.2) is 47.5 Å². The summed E-state index contributed by atoms with van der Waals surface area (Å²) in [5, 5.41) is 10.7. The molecule has 0 bridgehead atoms. The zero-order valence-electron chi connectivity index (χ0n) is 18.2. The van der Waals surface area contributed by atoms with Gasteiger partial charge in [0.25, 0.3) is 0 Å². The van der Waals surface area contributed by atoms with Gasteiger partial charge in [-0.3, -0.25) is 4.79 Å². The highest BCUT2D eigenvalue weighted by Gasteiger charge is 2.28. The van der Waals surface area contributed by atoms with E-state index in [1.165, 1.54) is 25.0 Å². The molecule has 2 aromatic carbocycles. The molecule has 2 aromatic rings. The minimum atomic E-state index is -0.356. The first-order chi connectivity index (χ1) is 15.5. The first-order valence-corrected chi connectivity index (χ1v) is 11.3. The molecular formula is C25H30FN3O3. The Labute approximate surface area is 187 Å². The molecule has 1 heterocycles. The van der Waals surface area contributed by atoms with Gasteiger partial charge >= 0.3 is 5.97 Å². The number of benzene rings is 2. The van der Waals surface area contributed by atoms with E-state index in [4.69, 9.17) is 10.5 Å². The van der Waals surface area contributed by atoms with E-state index in [0.717, 1.165) is 24.0 Å². The number of nitrogens with zero attached hydrogens (tertiary/aromatic N) is 2. The monoisotopic (exact) mass is 439 g/mol. The summed E-state index contributed by atoms with van der Waals surface area (Å²) in [4.78, 5) is 18.7. The number of halogens is 1. The van der Waals surface area contributed by atoms with E-state index in [9.17, 15) is 14.3 Å². The Hall–Kier alpha value is -3.09. The zero-order valence-corrected chi connectivity index (χ0v) is 18.2. The van der Waals surface area contributed by atoms with Crippen LogP contribution >= 0.6 is 0 Å². The lowest BCUT2D eigenvalue weighted by atomic mass is 9.94. The van der Waals surface area contributed by atoms with Crippen molar-refractivity contribution in [2.24, 2.45) is 10.7 Å². The molecule has 0 aromatic heterocycles. The highest BCUT2D eigenvalue weighted by Crippen LogP contribution is 2.39. The van der Waals surface area contributed by atoms with E-state index in [2.05, 4.69) is 4.99 Å². The number of aliphatic imine (C=N–C) groups is 1. The number of hydrogen-bond donors (Lipinski definition) is 2. The number of esters is 1. The van der Waals surface area contributed by atoms with Crippen molar-refractivity contribution >= 4 is 11.9 Å². The van der Waals surface area contributed by atoms with Crippen LogP contribution in [0.1, 0.15) is 54.7 Å². The summed E-state index contributed by atoms with van der Waals surface area (Å²) >= 11 is 0. The Kier molecular flexibility index (Phi) is 6.93. The van der Waals surface area contributed by atoms with Crippen LogP contribution in [0.5, 0.6) is 5.75 Å². The van der Waals surface area contributed by atoms with Gasteiger partial charge in [-0.15, -0.1) is 0 Å². The maximum atomic E-state index is 13.3. The van der Waals surface area contributed by atoms with Crippen LogP contribution in [0, 0.1) is 5.82 Å². The van der Waals surface area contributed by atoms with E-state index in [0.29, 0.717) is 43.5 Å². The van der Waals surface area contributed by atoms with Gasteiger partial charge in [-0.05, 0) is 42.0 Å². The second-order valence-electron chi connectivity index (χ2n) is 8.66. The summed E-state index contributed by atoms with van der Waals surface area (Å²) in [6, 6.07) is 11.9. The highest BCUT2D eigenvalue weighted by atomic mass is 19.1. The van der Waals surface area contributed by atoms with Crippen molar-refractivity contribution in [1.82, 2.24) is 4.90 Å². The minimum absolute atomic E-state index is 0.0477. The smallest absolute Gasteiger partial charge is 0.310 e. The minimum Gasteiger partial charge on any atom is -0.507 e. The lowest BCUT2D eigenvalue weighted by molar-refractivity contribution is -0.147. The van der Waals surface area contributed by atoms with Crippen molar-refractivity contribution in [3.05, 3.63) is 65.0 Å². The molecule has 1 saturated carbocycles. The molecule has 0 radical (unpaired) electrons. The third-order valence-corrected chi connectivity index (χ3v) is 6.36. The molecule has 3 N–H and O–H groups in total. The average molecular weight is 440 g/mol. The van der Waals surface area contributed by atoms with E-state index in [1.807, 2.05) is 17.0 Å². The van der Waals surface area contributed by atoms with Crippen molar-refractivity contribution < 1.29 is 19.0 Å². The van der Waals surface area contributed by atoms with E-state index in [-0.39, 0.29) is 30.1 Å². The van der Waals surface area contributed by atoms with Crippen LogP contribution < -0.4 is 5.73 Å². The van der Waals surface area contributed by atoms with Gasteiger partial charge in [0.15, 0.2) is 5.96 Å². The Balaban J connectivity index is 1.29. The summed E-state index contributed by atoms with van der Waals surface area (Å²) in [6.07, 6.45) is 4.98. The Bertz CT molecular complexity index is 988. The van der Waals surface area contributed by atoms with Gasteiger partial charge in [-0.25, -0.2) is 9.38 Å². The first kappa shape index (κ1) is 22.1. The fraction of sp³-hybridized carbons (Fsp3) is 0.440. The predicted octanol–water partition coefficient (Wildman–Crippen LogP) is 3.86. The van der Waals surface area contributed by atoms with Crippen LogP contribution in [-0.2, 0) is 22.5 Å². The van der Waals surface area contributed by atoms with Crippen LogP contribution in [0.4, 0.5) is 4.39 Å². The van der Waals surface area contributed by atoms with Crippen molar-refractivity contribution in [2.45, 2.75) is 57.1 Å². The SMILES string of the molecule is NC(=NCc1cccc(F)c1)N1CC[C@@H](OC(=O)Cc2cccc(C3CCCC3)c2O)C1. The van der Waals surface area contributed by atoms with Crippen molar-refractivity contribution in [3.8, 4) is 5.75 Å². The molecule has 1 atom stereocenters. The largest absolute Gasteiger partial charge is 0.507 e. The number of likely N-dealkylation sites (tertiary alicyclic amines) is 1. The first-order valence-electron chi connectivity index (χ1n) is 11.3. The molecule has 7 heteroatoms. The number of phenols is 1. The number of carbonyl (C=O) groups is 1. The summed E-state index contributed by atoms with van der Waals surface area (Å²) < 4.78 is 18.9. The average Bonchev–Trinajstić information content (AvgIpc) is 3.46. The van der Waals surface area contributed by atoms with E-state index < -0.39 is 0 Å². The Morgan fingerprint density at radius 1 is 1.19 bits per heavy atom. The van der Waals surface area contributed by atoms with E-state index in [1.54, 1.807) is 18.2 Å². The van der Waals surface area contributed by atoms with Gasteiger partial charge in [0.2, 0.25) is 0 Å². The van der Waals surface area contributed by atoms with Gasteiger partial charge in [0.05, 0.1) is 19.5 Å². The highest BCUT2D eigenvalue weighted by molar-refractivity contribution is 5.78. The molecule has 170 valence electrons. The summed E-state index contributed by atoms with van der Waals surface area (Å²) in [5.74, 6) is 0.312. The topological polar surface area (TPSA) is 88.1 Å². The summed E-state index contributed by atoms with van der Waals surface area (Å²) in [7, 11) is 0. The summed E-state index contributed by atoms with van der Waals surface area (Å²) in [5.41, 5.74) is 8.39. The lowest BCUT2D eigenvalue weighted by Crippen LogP contribution is -2.36. The second-order valence-corrected chi connectivity index (χ2v) is 8.66. The van der Waals surface area contributed by atoms with Crippen molar-refractivity contribution in [1.29, 1.82) is 0 Å². The molecule has 32 heavy (non-hydrogen) atoms. The van der Waals surface area contributed by atoms with Gasteiger partial charge in [-0.1, -0.05) is 43.2 Å². The number of para-hydroxylation sites is 1. The lowest BCUT2D eigenvalue weighted by Gasteiger charge is -2.18. The summed E-state index contributed by atoms with van der Waals surface area (Å²) in [6.45, 7) is 1.40. The van der Waals surface area contributed by atoms with Gasteiger partial charge in [-0.2, -0.15) is 0 Å². The van der Waals surface area contributed by atoms with Crippen molar-refractivity contribution in [2.75, 3.05) is 13.1 Å². The second kappa shape index (κ2) is 10.0. The number of aromatic hydroxyl groups is 1. The zero-order chi connectivity index (χ0) is 22.5. The standard InChI is InChI=1S/C25H30FN3O3/c26-20-9-3-5-17(13-20)15-28-25(27)29-12-11-21(16-29)32-23(30)14-19-8-4-10-22(24(19)31)18-6-1-2-7-18/h3-5,8-10,13,18,21,31H,1-2,6-7,11-12,14-16H2,(H2,27,28)/t21-/m1/s1. The fourth-order valence-corrected chi connectivity index (χ4v) is 4.64. The molecule has 4 rings (SSSR count).